The molecule has 0 spiro atoms. The van der Waals surface area contributed by atoms with Gasteiger partial charge in [-0.05, 0) is 31.0 Å². The van der Waals surface area contributed by atoms with Crippen LogP contribution in [0.5, 0.6) is 0 Å². The molecule has 0 radical (unpaired) electrons. The van der Waals surface area contributed by atoms with E-state index in [4.69, 9.17) is 11.6 Å². The summed E-state index contributed by atoms with van der Waals surface area (Å²) in [6.45, 7) is 0. The molecule has 94 valence electrons. The van der Waals surface area contributed by atoms with Gasteiger partial charge in [-0.2, -0.15) is 0 Å². The molecule has 2 rings (SSSR count). The number of hydrogen-bond donors (Lipinski definition) is 1. The van der Waals surface area contributed by atoms with Gasteiger partial charge in [0, 0.05) is 10.5 Å². The molecule has 1 aliphatic rings. The molecule has 0 amide bonds. The van der Waals surface area contributed by atoms with Gasteiger partial charge in [-0.25, -0.2) is 8.42 Å². The van der Waals surface area contributed by atoms with Crippen LogP contribution in [0.25, 0.3) is 0 Å². The third-order valence-electron chi connectivity index (χ3n) is 2.85. The summed E-state index contributed by atoms with van der Waals surface area (Å²) < 4.78 is 23.5. The van der Waals surface area contributed by atoms with Crippen LogP contribution < -0.4 is 5.32 Å². The van der Waals surface area contributed by atoms with Crippen molar-refractivity contribution in [1.29, 1.82) is 0 Å². The third kappa shape index (κ3) is 3.60. The zero-order valence-electron chi connectivity index (χ0n) is 9.12. The van der Waals surface area contributed by atoms with E-state index in [2.05, 4.69) is 21.2 Å². The Morgan fingerprint density at radius 2 is 1.94 bits per heavy atom. The topological polar surface area (TPSA) is 46.2 Å². The van der Waals surface area contributed by atoms with Crippen LogP contribution in [-0.2, 0) is 9.84 Å². The fourth-order valence-corrected chi connectivity index (χ4v) is 4.08. The largest absolute Gasteiger partial charge is 0.381 e. The van der Waals surface area contributed by atoms with Crippen LogP contribution >= 0.6 is 27.5 Å². The molecule has 3 nitrogen and oxygen atoms in total. The SMILES string of the molecule is O=S1(=O)CCC(Nc2ccc(Br)cc2Cl)CC1. The van der Waals surface area contributed by atoms with Gasteiger partial charge < -0.3 is 5.32 Å². The molecule has 1 aliphatic heterocycles. The van der Waals surface area contributed by atoms with Gasteiger partial charge in [0.1, 0.15) is 9.84 Å². The molecule has 1 saturated heterocycles. The van der Waals surface area contributed by atoms with Crippen LogP contribution in [0.1, 0.15) is 12.8 Å². The van der Waals surface area contributed by atoms with E-state index < -0.39 is 9.84 Å². The lowest BCUT2D eigenvalue weighted by atomic mass is 10.1. The van der Waals surface area contributed by atoms with Crippen molar-refractivity contribution in [2.24, 2.45) is 0 Å². The lowest BCUT2D eigenvalue weighted by molar-refractivity contribution is 0.559. The monoisotopic (exact) mass is 337 g/mol. The number of benzene rings is 1. The molecule has 1 heterocycles. The van der Waals surface area contributed by atoms with Crippen molar-refractivity contribution >= 4 is 43.1 Å². The first-order chi connectivity index (χ1) is 7.96. The molecule has 6 heteroatoms. The smallest absolute Gasteiger partial charge is 0.150 e. The second-order valence-electron chi connectivity index (χ2n) is 4.19. The Hall–Kier alpha value is -0.260. The Kier molecular flexibility index (Phi) is 4.00. The van der Waals surface area contributed by atoms with Crippen LogP contribution in [0.15, 0.2) is 22.7 Å². The minimum Gasteiger partial charge on any atom is -0.381 e. The molecule has 0 bridgehead atoms. The quantitative estimate of drug-likeness (QED) is 0.901. The molecule has 0 saturated carbocycles. The van der Waals surface area contributed by atoms with E-state index in [0.29, 0.717) is 17.9 Å². The van der Waals surface area contributed by atoms with Gasteiger partial charge in [0.05, 0.1) is 22.2 Å². The van der Waals surface area contributed by atoms with E-state index in [-0.39, 0.29) is 17.5 Å². The molecule has 1 fully saturated rings. The Bertz CT molecular complexity index is 504. The van der Waals surface area contributed by atoms with Crippen molar-refractivity contribution in [3.63, 3.8) is 0 Å². The Balaban J connectivity index is 2.02. The minimum atomic E-state index is -2.81. The maximum atomic E-state index is 11.3. The van der Waals surface area contributed by atoms with E-state index in [9.17, 15) is 8.42 Å². The number of rotatable bonds is 2. The minimum absolute atomic E-state index is 0.192. The van der Waals surface area contributed by atoms with Crippen LogP contribution in [0.3, 0.4) is 0 Å². The molecule has 1 N–H and O–H groups in total. The Morgan fingerprint density at radius 1 is 1.29 bits per heavy atom. The van der Waals surface area contributed by atoms with Crippen molar-refractivity contribution in [2.75, 3.05) is 16.8 Å². The van der Waals surface area contributed by atoms with Crippen LogP contribution in [0.2, 0.25) is 5.02 Å². The molecule has 17 heavy (non-hydrogen) atoms. The summed E-state index contributed by atoms with van der Waals surface area (Å²) in [5.74, 6) is 0.525. The zero-order valence-corrected chi connectivity index (χ0v) is 12.3. The fourth-order valence-electron chi connectivity index (χ4n) is 1.86. The molecule has 0 aromatic heterocycles. The van der Waals surface area contributed by atoms with Gasteiger partial charge in [-0.1, -0.05) is 27.5 Å². The second-order valence-corrected chi connectivity index (χ2v) is 7.82. The van der Waals surface area contributed by atoms with Gasteiger partial charge in [0.25, 0.3) is 0 Å². The molecule has 1 aromatic rings. The highest BCUT2D eigenvalue weighted by Crippen LogP contribution is 2.27. The van der Waals surface area contributed by atoms with Crippen LogP contribution in [0.4, 0.5) is 5.69 Å². The van der Waals surface area contributed by atoms with E-state index >= 15 is 0 Å². The summed E-state index contributed by atoms with van der Waals surface area (Å²) in [5, 5.41) is 3.94. The van der Waals surface area contributed by atoms with Crippen molar-refractivity contribution in [1.82, 2.24) is 0 Å². The van der Waals surface area contributed by atoms with Crippen LogP contribution in [-0.4, -0.2) is 26.0 Å². The van der Waals surface area contributed by atoms with Gasteiger partial charge in [0.15, 0.2) is 0 Å². The average Bonchev–Trinajstić information content (AvgIpc) is 2.25. The van der Waals surface area contributed by atoms with E-state index in [1.54, 1.807) is 0 Å². The molecular formula is C11H13BrClNO2S. The summed E-state index contributed by atoms with van der Waals surface area (Å²) in [7, 11) is -2.81. The highest BCUT2D eigenvalue weighted by molar-refractivity contribution is 9.10. The average molecular weight is 339 g/mol. The first-order valence-electron chi connectivity index (χ1n) is 5.38. The van der Waals surface area contributed by atoms with Gasteiger partial charge in [0.2, 0.25) is 0 Å². The van der Waals surface area contributed by atoms with E-state index in [1.807, 2.05) is 18.2 Å². The summed E-state index contributed by atoms with van der Waals surface area (Å²) in [6.07, 6.45) is 1.30. The number of halogens is 2. The number of sulfone groups is 1. The number of hydrogen-bond acceptors (Lipinski definition) is 3. The van der Waals surface area contributed by atoms with Gasteiger partial charge in [-0.15, -0.1) is 0 Å². The summed E-state index contributed by atoms with van der Waals surface area (Å²) >= 11 is 9.44. The maximum Gasteiger partial charge on any atom is 0.150 e. The summed E-state index contributed by atoms with van der Waals surface area (Å²) in [4.78, 5) is 0. The van der Waals surface area contributed by atoms with Crippen LogP contribution in [0, 0.1) is 0 Å². The molecule has 0 unspecified atom stereocenters. The first kappa shape index (κ1) is 13.2. The van der Waals surface area contributed by atoms with Crippen molar-refractivity contribution in [3.8, 4) is 0 Å². The second kappa shape index (κ2) is 5.16. The molecule has 1 aromatic carbocycles. The van der Waals surface area contributed by atoms with Crippen molar-refractivity contribution in [3.05, 3.63) is 27.7 Å². The van der Waals surface area contributed by atoms with E-state index in [1.165, 1.54) is 0 Å². The summed E-state index contributed by atoms with van der Waals surface area (Å²) in [6, 6.07) is 5.82. The lowest BCUT2D eigenvalue weighted by Crippen LogP contribution is -2.32. The zero-order chi connectivity index (χ0) is 12.5. The predicted octanol–water partition coefficient (Wildman–Crippen LogP) is 3.09. The Labute approximate surface area is 115 Å². The highest BCUT2D eigenvalue weighted by Gasteiger charge is 2.23. The summed E-state index contributed by atoms with van der Waals surface area (Å²) in [5.41, 5.74) is 0.860. The van der Waals surface area contributed by atoms with E-state index in [0.717, 1.165) is 10.2 Å². The normalized spacial score (nSPS) is 20.1. The fraction of sp³-hybridized carbons (Fsp3) is 0.455. The van der Waals surface area contributed by atoms with Crippen molar-refractivity contribution in [2.45, 2.75) is 18.9 Å². The molecule has 0 aliphatic carbocycles. The van der Waals surface area contributed by atoms with Crippen molar-refractivity contribution < 1.29 is 8.42 Å². The maximum absolute atomic E-state index is 11.3. The highest BCUT2D eigenvalue weighted by atomic mass is 79.9. The van der Waals surface area contributed by atoms with Gasteiger partial charge in [-0.3, -0.25) is 0 Å². The third-order valence-corrected chi connectivity index (χ3v) is 5.37. The number of nitrogens with one attached hydrogen (secondary N) is 1. The lowest BCUT2D eigenvalue weighted by Gasteiger charge is -2.24. The number of anilines is 1. The molecular weight excluding hydrogens is 326 g/mol. The predicted molar refractivity (Wildman–Crippen MR) is 74.5 cm³/mol. The van der Waals surface area contributed by atoms with Gasteiger partial charge >= 0.3 is 0 Å². The standard InChI is InChI=1S/C11H13BrClNO2S/c12-8-1-2-11(10(13)7-8)14-9-3-5-17(15,16)6-4-9/h1-2,7,9,14H,3-6H2. The Morgan fingerprint density at radius 3 is 2.53 bits per heavy atom. The first-order valence-corrected chi connectivity index (χ1v) is 8.37. The molecule has 0 atom stereocenters.